The molecule has 0 radical (unpaired) electrons. The Balaban J connectivity index is 1.44. The van der Waals surface area contributed by atoms with Crippen molar-refractivity contribution in [3.05, 3.63) is 22.8 Å². The SMILES string of the molecule is Cc1nc(-c2ccn(C)n2)sc1CC(=O)N1CCCC2(CC1)CC2. The third-order valence-electron chi connectivity index (χ3n) is 5.49. The highest BCUT2D eigenvalue weighted by Crippen LogP contribution is 2.53. The molecule has 2 aliphatic rings. The van der Waals surface area contributed by atoms with Crippen LogP contribution in [-0.4, -0.2) is 38.7 Å². The van der Waals surface area contributed by atoms with Crippen LogP contribution < -0.4 is 0 Å². The summed E-state index contributed by atoms with van der Waals surface area (Å²) in [6.07, 6.45) is 8.80. The van der Waals surface area contributed by atoms with E-state index in [0.29, 0.717) is 11.8 Å². The topological polar surface area (TPSA) is 51.0 Å². The Kier molecular flexibility index (Phi) is 3.95. The molecule has 1 amide bonds. The first-order valence-electron chi connectivity index (χ1n) is 8.79. The molecule has 0 atom stereocenters. The van der Waals surface area contributed by atoms with Crippen LogP contribution in [0.3, 0.4) is 0 Å². The number of hydrogen-bond acceptors (Lipinski definition) is 4. The van der Waals surface area contributed by atoms with Crippen molar-refractivity contribution in [2.24, 2.45) is 12.5 Å². The summed E-state index contributed by atoms with van der Waals surface area (Å²) < 4.78 is 1.78. The highest BCUT2D eigenvalue weighted by Gasteiger charge is 2.43. The summed E-state index contributed by atoms with van der Waals surface area (Å²) in [7, 11) is 1.90. The maximum Gasteiger partial charge on any atom is 0.227 e. The van der Waals surface area contributed by atoms with E-state index in [1.54, 1.807) is 16.0 Å². The second-order valence-corrected chi connectivity index (χ2v) is 8.40. The summed E-state index contributed by atoms with van der Waals surface area (Å²) in [5, 5.41) is 5.32. The van der Waals surface area contributed by atoms with Crippen LogP contribution >= 0.6 is 11.3 Å². The van der Waals surface area contributed by atoms with Crippen molar-refractivity contribution in [1.29, 1.82) is 0 Å². The second-order valence-electron chi connectivity index (χ2n) is 7.31. The summed E-state index contributed by atoms with van der Waals surface area (Å²) in [6, 6.07) is 1.97. The van der Waals surface area contributed by atoms with Crippen LogP contribution in [-0.2, 0) is 18.3 Å². The molecule has 128 valence electrons. The van der Waals surface area contributed by atoms with Gasteiger partial charge >= 0.3 is 0 Å². The molecule has 1 aliphatic heterocycles. The number of aromatic nitrogens is 3. The van der Waals surface area contributed by atoms with Gasteiger partial charge in [0.05, 0.1) is 12.1 Å². The van der Waals surface area contributed by atoms with Crippen molar-refractivity contribution in [2.75, 3.05) is 13.1 Å². The van der Waals surface area contributed by atoms with Crippen molar-refractivity contribution in [3.63, 3.8) is 0 Å². The highest BCUT2D eigenvalue weighted by atomic mass is 32.1. The predicted molar refractivity (Wildman–Crippen MR) is 94.9 cm³/mol. The second kappa shape index (κ2) is 5.99. The average molecular weight is 344 g/mol. The number of thiazole rings is 1. The molecular formula is C18H24N4OS. The molecule has 1 spiro atoms. The Labute approximate surface area is 146 Å². The predicted octanol–water partition coefficient (Wildman–Crippen LogP) is 3.19. The first kappa shape index (κ1) is 15.8. The number of amides is 1. The van der Waals surface area contributed by atoms with Gasteiger partial charge in [0.2, 0.25) is 5.91 Å². The van der Waals surface area contributed by atoms with Crippen LogP contribution in [0.25, 0.3) is 10.7 Å². The number of nitrogens with zero attached hydrogens (tertiary/aromatic N) is 4. The fourth-order valence-corrected chi connectivity index (χ4v) is 4.68. The third-order valence-corrected chi connectivity index (χ3v) is 6.67. The fourth-order valence-electron chi connectivity index (χ4n) is 3.66. The van der Waals surface area contributed by atoms with Gasteiger partial charge in [0.15, 0.2) is 0 Å². The molecular weight excluding hydrogens is 320 g/mol. The van der Waals surface area contributed by atoms with Crippen LogP contribution in [0.1, 0.15) is 42.7 Å². The minimum absolute atomic E-state index is 0.257. The van der Waals surface area contributed by atoms with Gasteiger partial charge in [-0.2, -0.15) is 5.10 Å². The number of aryl methyl sites for hydroxylation is 2. The summed E-state index contributed by atoms with van der Waals surface area (Å²) in [4.78, 5) is 20.5. The quantitative estimate of drug-likeness (QED) is 0.859. The molecule has 2 fully saturated rings. The standard InChI is InChI=1S/C18H24N4OS/c1-13-15(24-17(19-13)14-4-10-21(2)20-14)12-16(23)22-9-3-5-18(6-7-18)8-11-22/h4,10H,3,5-9,11-12H2,1-2H3. The van der Waals surface area contributed by atoms with E-state index >= 15 is 0 Å². The first-order valence-corrected chi connectivity index (χ1v) is 9.60. The maximum absolute atomic E-state index is 12.7. The van der Waals surface area contributed by atoms with Crippen molar-refractivity contribution < 1.29 is 4.79 Å². The number of likely N-dealkylation sites (tertiary alicyclic amines) is 1. The van der Waals surface area contributed by atoms with Gasteiger partial charge in [0, 0.05) is 31.2 Å². The molecule has 4 rings (SSSR count). The van der Waals surface area contributed by atoms with Gasteiger partial charge in [-0.1, -0.05) is 0 Å². The molecule has 1 saturated carbocycles. The zero-order valence-corrected chi connectivity index (χ0v) is 15.2. The molecule has 0 unspecified atom stereocenters. The van der Waals surface area contributed by atoms with E-state index in [9.17, 15) is 4.79 Å². The van der Waals surface area contributed by atoms with E-state index in [2.05, 4.69) is 15.0 Å². The first-order chi connectivity index (χ1) is 11.5. The third kappa shape index (κ3) is 3.11. The molecule has 24 heavy (non-hydrogen) atoms. The van der Waals surface area contributed by atoms with Gasteiger partial charge in [-0.3, -0.25) is 9.48 Å². The van der Waals surface area contributed by atoms with Crippen LogP contribution in [0.15, 0.2) is 12.3 Å². The minimum atomic E-state index is 0.257. The molecule has 2 aromatic heterocycles. The molecule has 0 bridgehead atoms. The molecule has 0 N–H and O–H groups in total. The Morgan fingerprint density at radius 2 is 2.12 bits per heavy atom. The molecule has 1 aliphatic carbocycles. The Morgan fingerprint density at radius 1 is 1.29 bits per heavy atom. The summed E-state index contributed by atoms with van der Waals surface area (Å²) >= 11 is 1.60. The van der Waals surface area contributed by atoms with E-state index < -0.39 is 0 Å². The largest absolute Gasteiger partial charge is 0.342 e. The highest BCUT2D eigenvalue weighted by molar-refractivity contribution is 7.15. The lowest BCUT2D eigenvalue weighted by atomic mass is 9.98. The number of carbonyl (C=O) groups excluding carboxylic acids is 1. The summed E-state index contributed by atoms with van der Waals surface area (Å²) in [6.45, 7) is 3.85. The monoisotopic (exact) mass is 344 g/mol. The van der Waals surface area contributed by atoms with Gasteiger partial charge in [0.25, 0.3) is 0 Å². The normalized spacial score (nSPS) is 19.5. The summed E-state index contributed by atoms with van der Waals surface area (Å²) in [5.74, 6) is 0.257. The molecule has 6 heteroatoms. The van der Waals surface area contributed by atoms with E-state index in [4.69, 9.17) is 0 Å². The van der Waals surface area contributed by atoms with Gasteiger partial charge < -0.3 is 4.90 Å². The van der Waals surface area contributed by atoms with Gasteiger partial charge in [-0.05, 0) is 50.5 Å². The lowest BCUT2D eigenvalue weighted by Crippen LogP contribution is -2.33. The van der Waals surface area contributed by atoms with Crippen LogP contribution in [0.4, 0.5) is 0 Å². The average Bonchev–Trinajstić information content (AvgIpc) is 3.13. The zero-order chi connectivity index (χ0) is 16.7. The van der Waals surface area contributed by atoms with E-state index in [1.165, 1.54) is 25.7 Å². The zero-order valence-electron chi connectivity index (χ0n) is 14.4. The van der Waals surface area contributed by atoms with Crippen molar-refractivity contribution in [3.8, 4) is 10.7 Å². The minimum Gasteiger partial charge on any atom is -0.342 e. The molecule has 0 aromatic carbocycles. The van der Waals surface area contributed by atoms with Crippen molar-refractivity contribution in [1.82, 2.24) is 19.7 Å². The van der Waals surface area contributed by atoms with Crippen LogP contribution in [0, 0.1) is 12.3 Å². The summed E-state index contributed by atoms with van der Waals surface area (Å²) in [5.41, 5.74) is 2.44. The molecule has 2 aromatic rings. The lowest BCUT2D eigenvalue weighted by Gasteiger charge is -2.20. The maximum atomic E-state index is 12.7. The Morgan fingerprint density at radius 3 is 2.83 bits per heavy atom. The van der Waals surface area contributed by atoms with Crippen LogP contribution in [0.2, 0.25) is 0 Å². The van der Waals surface area contributed by atoms with Gasteiger partial charge in [-0.25, -0.2) is 4.98 Å². The Hall–Kier alpha value is -1.69. The number of rotatable bonds is 3. The van der Waals surface area contributed by atoms with E-state index in [1.807, 2.05) is 26.2 Å². The van der Waals surface area contributed by atoms with E-state index in [0.717, 1.165) is 40.8 Å². The molecule has 1 saturated heterocycles. The van der Waals surface area contributed by atoms with Crippen LogP contribution in [0.5, 0.6) is 0 Å². The lowest BCUT2D eigenvalue weighted by molar-refractivity contribution is -0.130. The smallest absolute Gasteiger partial charge is 0.227 e. The van der Waals surface area contributed by atoms with E-state index in [-0.39, 0.29) is 5.91 Å². The Bertz CT molecular complexity index is 759. The van der Waals surface area contributed by atoms with Crippen molar-refractivity contribution in [2.45, 2.75) is 45.4 Å². The fraction of sp³-hybridized carbons (Fsp3) is 0.611. The van der Waals surface area contributed by atoms with Gasteiger partial charge in [0.1, 0.15) is 10.7 Å². The number of carbonyl (C=O) groups is 1. The molecule has 3 heterocycles. The van der Waals surface area contributed by atoms with Gasteiger partial charge in [-0.15, -0.1) is 11.3 Å². The molecule has 5 nitrogen and oxygen atoms in total. The number of hydrogen-bond donors (Lipinski definition) is 0. The van der Waals surface area contributed by atoms with Crippen molar-refractivity contribution >= 4 is 17.2 Å².